The summed E-state index contributed by atoms with van der Waals surface area (Å²) < 4.78 is 0. The molecule has 1 saturated heterocycles. The van der Waals surface area contributed by atoms with E-state index in [0.29, 0.717) is 5.92 Å². The number of terminal acetylenes is 1. The molecule has 0 aromatic heterocycles. The summed E-state index contributed by atoms with van der Waals surface area (Å²) in [6.45, 7) is 3.86. The zero-order chi connectivity index (χ0) is 12.0. The Hall–Kier alpha value is -1.01. The zero-order valence-electron chi connectivity index (χ0n) is 9.98. The lowest BCUT2D eigenvalue weighted by molar-refractivity contribution is -0.145. The first-order valence-electron chi connectivity index (χ1n) is 6.09. The van der Waals surface area contributed by atoms with Crippen LogP contribution < -0.4 is 0 Å². The molecule has 1 aliphatic rings. The molecule has 1 rings (SSSR count). The summed E-state index contributed by atoms with van der Waals surface area (Å²) in [5.41, 5.74) is 0. The normalized spacial score (nSPS) is 26.2. The number of nitrogens with zero attached hydrogens (tertiary/aromatic N) is 1. The van der Waals surface area contributed by atoms with Crippen LogP contribution in [0.2, 0.25) is 0 Å². The van der Waals surface area contributed by atoms with E-state index < -0.39 is 5.97 Å². The molecule has 0 aliphatic carbocycles. The lowest BCUT2D eigenvalue weighted by atomic mass is 9.89. The van der Waals surface area contributed by atoms with Crippen LogP contribution in [-0.4, -0.2) is 35.1 Å². The van der Waals surface area contributed by atoms with Crippen molar-refractivity contribution < 1.29 is 9.90 Å². The SMILES string of the molecule is C#CCCCN1CCC(CC)CC1C(=O)O. The van der Waals surface area contributed by atoms with E-state index in [1.165, 1.54) is 0 Å². The highest BCUT2D eigenvalue weighted by Gasteiger charge is 2.31. The molecule has 0 radical (unpaired) electrons. The minimum Gasteiger partial charge on any atom is -0.480 e. The fraction of sp³-hybridized carbons (Fsp3) is 0.769. The van der Waals surface area contributed by atoms with E-state index in [-0.39, 0.29) is 6.04 Å². The van der Waals surface area contributed by atoms with Crippen LogP contribution in [0.5, 0.6) is 0 Å². The molecule has 1 aliphatic heterocycles. The van der Waals surface area contributed by atoms with Crippen molar-refractivity contribution in [1.82, 2.24) is 4.90 Å². The number of carboxylic acid groups (broad SMARTS) is 1. The molecule has 90 valence electrons. The van der Waals surface area contributed by atoms with Crippen LogP contribution in [-0.2, 0) is 4.79 Å². The van der Waals surface area contributed by atoms with Crippen molar-refractivity contribution >= 4 is 5.97 Å². The summed E-state index contributed by atoms with van der Waals surface area (Å²) in [5.74, 6) is 2.49. The summed E-state index contributed by atoms with van der Waals surface area (Å²) >= 11 is 0. The second kappa shape index (κ2) is 6.55. The number of likely N-dealkylation sites (tertiary alicyclic amines) is 1. The Bertz CT molecular complexity index is 270. The smallest absolute Gasteiger partial charge is 0.320 e. The molecule has 0 saturated carbocycles. The number of carboxylic acids is 1. The van der Waals surface area contributed by atoms with Crippen molar-refractivity contribution in [2.75, 3.05) is 13.1 Å². The van der Waals surface area contributed by atoms with Gasteiger partial charge in [-0.05, 0) is 38.3 Å². The van der Waals surface area contributed by atoms with Crippen molar-refractivity contribution in [1.29, 1.82) is 0 Å². The Morgan fingerprint density at radius 3 is 2.94 bits per heavy atom. The van der Waals surface area contributed by atoms with Crippen LogP contribution in [0.15, 0.2) is 0 Å². The first-order chi connectivity index (χ1) is 7.69. The fourth-order valence-electron chi connectivity index (χ4n) is 2.37. The largest absolute Gasteiger partial charge is 0.480 e. The van der Waals surface area contributed by atoms with Crippen molar-refractivity contribution in [2.45, 2.75) is 45.1 Å². The summed E-state index contributed by atoms with van der Waals surface area (Å²) in [5, 5.41) is 9.20. The van der Waals surface area contributed by atoms with Gasteiger partial charge in [0, 0.05) is 6.42 Å². The second-order valence-electron chi connectivity index (χ2n) is 4.50. The summed E-state index contributed by atoms with van der Waals surface area (Å²) in [7, 11) is 0. The number of hydrogen-bond donors (Lipinski definition) is 1. The molecular weight excluding hydrogens is 202 g/mol. The molecule has 3 heteroatoms. The van der Waals surface area contributed by atoms with Gasteiger partial charge in [0.2, 0.25) is 0 Å². The van der Waals surface area contributed by atoms with Crippen LogP contribution in [0.4, 0.5) is 0 Å². The predicted molar refractivity (Wildman–Crippen MR) is 64.1 cm³/mol. The number of carbonyl (C=O) groups is 1. The van der Waals surface area contributed by atoms with Gasteiger partial charge in [0.25, 0.3) is 0 Å². The van der Waals surface area contributed by atoms with E-state index in [4.69, 9.17) is 6.42 Å². The molecule has 0 aromatic carbocycles. The zero-order valence-corrected chi connectivity index (χ0v) is 9.98. The number of unbranched alkanes of at least 4 members (excludes halogenated alkanes) is 1. The van der Waals surface area contributed by atoms with Gasteiger partial charge in [-0.15, -0.1) is 12.3 Å². The average Bonchev–Trinajstić information content (AvgIpc) is 2.29. The molecule has 3 nitrogen and oxygen atoms in total. The molecule has 1 N–H and O–H groups in total. The van der Waals surface area contributed by atoms with Gasteiger partial charge < -0.3 is 5.11 Å². The molecule has 2 atom stereocenters. The van der Waals surface area contributed by atoms with Crippen molar-refractivity contribution in [3.8, 4) is 12.3 Å². The van der Waals surface area contributed by atoms with Gasteiger partial charge in [-0.25, -0.2) is 0 Å². The number of rotatable bonds is 5. The Labute approximate surface area is 97.8 Å². The highest BCUT2D eigenvalue weighted by molar-refractivity contribution is 5.73. The highest BCUT2D eigenvalue weighted by atomic mass is 16.4. The van der Waals surface area contributed by atoms with E-state index >= 15 is 0 Å². The molecule has 1 fully saturated rings. The van der Waals surface area contributed by atoms with Crippen LogP contribution in [0, 0.1) is 18.3 Å². The Balaban J connectivity index is 2.48. The van der Waals surface area contributed by atoms with Gasteiger partial charge in [0.15, 0.2) is 0 Å². The van der Waals surface area contributed by atoms with E-state index in [9.17, 15) is 9.90 Å². The quantitative estimate of drug-likeness (QED) is 0.572. The first kappa shape index (κ1) is 13.1. The average molecular weight is 223 g/mol. The van der Waals surface area contributed by atoms with Crippen molar-refractivity contribution in [3.05, 3.63) is 0 Å². The van der Waals surface area contributed by atoms with Gasteiger partial charge in [-0.1, -0.05) is 13.3 Å². The monoisotopic (exact) mass is 223 g/mol. The summed E-state index contributed by atoms with van der Waals surface area (Å²) in [6.07, 6.45) is 9.83. The standard InChI is InChI=1S/C13H21NO2/c1-3-5-6-8-14-9-7-11(4-2)10-12(14)13(15)16/h1,11-12H,4-10H2,2H3,(H,15,16). The second-order valence-corrected chi connectivity index (χ2v) is 4.50. The van der Waals surface area contributed by atoms with E-state index in [1.54, 1.807) is 0 Å². The fourth-order valence-corrected chi connectivity index (χ4v) is 2.37. The van der Waals surface area contributed by atoms with Crippen LogP contribution in [0.25, 0.3) is 0 Å². The molecular formula is C13H21NO2. The maximum Gasteiger partial charge on any atom is 0.320 e. The molecule has 0 aromatic rings. The van der Waals surface area contributed by atoms with Crippen LogP contribution in [0.1, 0.15) is 39.0 Å². The highest BCUT2D eigenvalue weighted by Crippen LogP contribution is 2.25. The Morgan fingerprint density at radius 1 is 1.62 bits per heavy atom. The molecule has 16 heavy (non-hydrogen) atoms. The first-order valence-corrected chi connectivity index (χ1v) is 6.09. The van der Waals surface area contributed by atoms with Crippen molar-refractivity contribution in [2.24, 2.45) is 5.92 Å². The van der Waals surface area contributed by atoms with Gasteiger partial charge >= 0.3 is 5.97 Å². The molecule has 0 spiro atoms. The Kier molecular flexibility index (Phi) is 5.34. The molecule has 1 heterocycles. The molecule has 0 amide bonds. The minimum atomic E-state index is -0.682. The number of hydrogen-bond acceptors (Lipinski definition) is 2. The molecule has 2 unspecified atom stereocenters. The minimum absolute atomic E-state index is 0.295. The predicted octanol–water partition coefficient (Wildman–Crippen LogP) is 1.98. The van der Waals surface area contributed by atoms with E-state index in [1.807, 2.05) is 0 Å². The lowest BCUT2D eigenvalue weighted by Gasteiger charge is -2.36. The van der Waals surface area contributed by atoms with E-state index in [2.05, 4.69) is 17.7 Å². The van der Waals surface area contributed by atoms with E-state index in [0.717, 1.165) is 45.2 Å². The Morgan fingerprint density at radius 2 is 2.38 bits per heavy atom. The molecule has 0 bridgehead atoms. The number of aliphatic carboxylic acids is 1. The van der Waals surface area contributed by atoms with Gasteiger partial charge in [0.05, 0.1) is 0 Å². The third-order valence-corrected chi connectivity index (χ3v) is 3.45. The maximum atomic E-state index is 11.2. The summed E-state index contributed by atoms with van der Waals surface area (Å²) in [4.78, 5) is 13.3. The van der Waals surface area contributed by atoms with Gasteiger partial charge in [-0.2, -0.15) is 0 Å². The van der Waals surface area contributed by atoms with Gasteiger partial charge in [0.1, 0.15) is 6.04 Å². The summed E-state index contributed by atoms with van der Waals surface area (Å²) in [6, 6.07) is -0.295. The topological polar surface area (TPSA) is 40.5 Å². The third-order valence-electron chi connectivity index (χ3n) is 3.45. The lowest BCUT2D eigenvalue weighted by Crippen LogP contribution is -2.47. The van der Waals surface area contributed by atoms with Crippen molar-refractivity contribution in [3.63, 3.8) is 0 Å². The van der Waals surface area contributed by atoms with Gasteiger partial charge in [-0.3, -0.25) is 9.69 Å². The third kappa shape index (κ3) is 3.53. The van der Waals surface area contributed by atoms with Crippen LogP contribution in [0.3, 0.4) is 0 Å². The number of piperidine rings is 1. The maximum absolute atomic E-state index is 11.2. The van der Waals surface area contributed by atoms with Crippen LogP contribution >= 0.6 is 0 Å².